The molecule has 0 unspecified atom stereocenters. The van der Waals surface area contributed by atoms with E-state index in [2.05, 4.69) is 10.2 Å². The quantitative estimate of drug-likeness (QED) is 0.840. The molecule has 0 radical (unpaired) electrons. The number of nitrogens with one attached hydrogen (secondary N) is 1. The monoisotopic (exact) mass is 305 g/mol. The van der Waals surface area contributed by atoms with Gasteiger partial charge in [-0.2, -0.15) is 0 Å². The Labute approximate surface area is 132 Å². The molecule has 1 aromatic rings. The van der Waals surface area contributed by atoms with Crippen LogP contribution in [0.2, 0.25) is 0 Å². The maximum absolute atomic E-state index is 12.2. The lowest BCUT2D eigenvalue weighted by atomic mass is 9.84. The number of hydrogen-bond donors (Lipinski definition) is 2. The van der Waals surface area contributed by atoms with Crippen LogP contribution in [-0.2, 0) is 4.79 Å². The summed E-state index contributed by atoms with van der Waals surface area (Å²) in [6.07, 6.45) is 4.13. The van der Waals surface area contributed by atoms with Crippen molar-refractivity contribution < 1.29 is 9.53 Å². The van der Waals surface area contributed by atoms with Crippen LogP contribution in [0.25, 0.3) is 0 Å². The van der Waals surface area contributed by atoms with Crippen LogP contribution in [0.4, 0.5) is 5.69 Å². The van der Waals surface area contributed by atoms with Gasteiger partial charge >= 0.3 is 0 Å². The average molecular weight is 305 g/mol. The summed E-state index contributed by atoms with van der Waals surface area (Å²) in [5, 5.41) is 3.02. The molecule has 5 nitrogen and oxygen atoms in total. The number of likely N-dealkylation sites (N-methyl/N-ethyl adjacent to an activating group) is 1. The van der Waals surface area contributed by atoms with E-state index >= 15 is 0 Å². The van der Waals surface area contributed by atoms with Gasteiger partial charge in [0.2, 0.25) is 5.91 Å². The summed E-state index contributed by atoms with van der Waals surface area (Å²) in [7, 11) is 3.67. The summed E-state index contributed by atoms with van der Waals surface area (Å²) < 4.78 is 5.15. The second kappa shape index (κ2) is 8.03. The molecule has 0 heterocycles. The van der Waals surface area contributed by atoms with Gasteiger partial charge in [0, 0.05) is 31.9 Å². The fourth-order valence-electron chi connectivity index (χ4n) is 2.93. The van der Waals surface area contributed by atoms with Crippen LogP contribution in [-0.4, -0.2) is 39.2 Å². The lowest BCUT2D eigenvalue weighted by Crippen LogP contribution is -2.45. The molecule has 2 atom stereocenters. The van der Waals surface area contributed by atoms with Crippen molar-refractivity contribution in [3.8, 4) is 5.75 Å². The lowest BCUT2D eigenvalue weighted by molar-refractivity contribution is -0.126. The zero-order valence-corrected chi connectivity index (χ0v) is 13.5. The Morgan fingerprint density at radius 2 is 2.00 bits per heavy atom. The van der Waals surface area contributed by atoms with Gasteiger partial charge in [0.25, 0.3) is 0 Å². The number of anilines is 1. The van der Waals surface area contributed by atoms with Gasteiger partial charge in [-0.05, 0) is 37.1 Å². The van der Waals surface area contributed by atoms with Crippen molar-refractivity contribution in [2.24, 2.45) is 11.7 Å². The second-order valence-electron chi connectivity index (χ2n) is 5.97. The van der Waals surface area contributed by atoms with E-state index in [1.165, 1.54) is 0 Å². The summed E-state index contributed by atoms with van der Waals surface area (Å²) in [5.74, 6) is 0.937. The van der Waals surface area contributed by atoms with E-state index in [1.54, 1.807) is 7.11 Å². The Balaban J connectivity index is 1.76. The first-order chi connectivity index (χ1) is 10.6. The SMILES string of the molecule is COc1ccc(N(C)CCNC(=O)[C@@H]2CCCC[C@@H]2N)cc1. The molecule has 1 aromatic carbocycles. The molecule has 1 amide bonds. The van der Waals surface area contributed by atoms with Gasteiger partial charge in [0.15, 0.2) is 0 Å². The van der Waals surface area contributed by atoms with Crippen LogP contribution in [0.15, 0.2) is 24.3 Å². The van der Waals surface area contributed by atoms with Crippen molar-refractivity contribution in [1.82, 2.24) is 5.32 Å². The molecule has 0 bridgehead atoms. The van der Waals surface area contributed by atoms with Crippen LogP contribution >= 0.6 is 0 Å². The molecule has 2 rings (SSSR count). The maximum atomic E-state index is 12.2. The van der Waals surface area contributed by atoms with Gasteiger partial charge in [0.1, 0.15) is 5.75 Å². The molecule has 1 fully saturated rings. The number of hydrogen-bond acceptors (Lipinski definition) is 4. The first-order valence-corrected chi connectivity index (χ1v) is 8.00. The largest absolute Gasteiger partial charge is 0.497 e. The lowest BCUT2D eigenvalue weighted by Gasteiger charge is -2.28. The number of nitrogens with zero attached hydrogens (tertiary/aromatic N) is 1. The summed E-state index contributed by atoms with van der Waals surface area (Å²) in [6, 6.07) is 7.92. The number of nitrogens with two attached hydrogens (primary N) is 1. The minimum Gasteiger partial charge on any atom is -0.497 e. The standard InChI is InChI=1S/C17H27N3O2/c1-20(13-7-9-14(22-2)10-8-13)12-11-19-17(21)15-5-3-4-6-16(15)18/h7-10,15-16H,3-6,11-12,18H2,1-2H3,(H,19,21)/t15-,16+/m1/s1. The van der Waals surface area contributed by atoms with Gasteiger partial charge in [0.05, 0.1) is 13.0 Å². The van der Waals surface area contributed by atoms with Gasteiger partial charge in [-0.1, -0.05) is 12.8 Å². The van der Waals surface area contributed by atoms with Crippen molar-refractivity contribution in [2.75, 3.05) is 32.1 Å². The molecule has 1 aliphatic rings. The van der Waals surface area contributed by atoms with E-state index in [1.807, 2.05) is 31.3 Å². The van der Waals surface area contributed by atoms with E-state index in [-0.39, 0.29) is 17.9 Å². The predicted molar refractivity (Wildman–Crippen MR) is 89.2 cm³/mol. The Morgan fingerprint density at radius 1 is 1.32 bits per heavy atom. The number of rotatable bonds is 6. The third kappa shape index (κ3) is 4.37. The topological polar surface area (TPSA) is 67.6 Å². The normalized spacial score (nSPS) is 21.2. The third-order valence-corrected chi connectivity index (χ3v) is 4.42. The van der Waals surface area contributed by atoms with E-state index in [9.17, 15) is 4.79 Å². The highest BCUT2D eigenvalue weighted by atomic mass is 16.5. The number of benzene rings is 1. The molecule has 122 valence electrons. The van der Waals surface area contributed by atoms with E-state index in [0.29, 0.717) is 6.54 Å². The molecule has 5 heteroatoms. The Hall–Kier alpha value is -1.75. The molecular formula is C17H27N3O2. The zero-order chi connectivity index (χ0) is 15.9. The van der Waals surface area contributed by atoms with E-state index in [4.69, 9.17) is 10.5 Å². The fraction of sp³-hybridized carbons (Fsp3) is 0.588. The fourth-order valence-corrected chi connectivity index (χ4v) is 2.93. The highest BCUT2D eigenvalue weighted by Crippen LogP contribution is 2.23. The number of carbonyl (C=O) groups excluding carboxylic acids is 1. The van der Waals surface area contributed by atoms with Gasteiger partial charge in [-0.15, -0.1) is 0 Å². The van der Waals surface area contributed by atoms with Crippen LogP contribution in [0.1, 0.15) is 25.7 Å². The maximum Gasteiger partial charge on any atom is 0.224 e. The number of amides is 1. The van der Waals surface area contributed by atoms with Crippen LogP contribution in [0, 0.1) is 5.92 Å². The Kier molecular flexibility index (Phi) is 6.07. The minimum atomic E-state index is -0.0138. The molecule has 1 aliphatic carbocycles. The summed E-state index contributed by atoms with van der Waals surface area (Å²) >= 11 is 0. The zero-order valence-electron chi connectivity index (χ0n) is 13.5. The van der Waals surface area contributed by atoms with Crippen molar-refractivity contribution in [2.45, 2.75) is 31.7 Å². The Morgan fingerprint density at radius 3 is 2.64 bits per heavy atom. The molecule has 0 aromatic heterocycles. The molecule has 0 aliphatic heterocycles. The van der Waals surface area contributed by atoms with Crippen molar-refractivity contribution in [3.63, 3.8) is 0 Å². The van der Waals surface area contributed by atoms with Gasteiger partial charge in [-0.3, -0.25) is 4.79 Å². The number of methoxy groups -OCH3 is 1. The molecule has 0 saturated heterocycles. The van der Waals surface area contributed by atoms with Crippen molar-refractivity contribution >= 4 is 11.6 Å². The van der Waals surface area contributed by atoms with Gasteiger partial charge < -0.3 is 20.7 Å². The highest BCUT2D eigenvalue weighted by molar-refractivity contribution is 5.79. The third-order valence-electron chi connectivity index (χ3n) is 4.42. The summed E-state index contributed by atoms with van der Waals surface area (Å²) in [5.41, 5.74) is 7.15. The predicted octanol–water partition coefficient (Wildman–Crippen LogP) is 1.77. The highest BCUT2D eigenvalue weighted by Gasteiger charge is 2.27. The molecule has 0 spiro atoms. The molecule has 22 heavy (non-hydrogen) atoms. The van der Waals surface area contributed by atoms with Crippen LogP contribution in [0.5, 0.6) is 5.75 Å². The van der Waals surface area contributed by atoms with E-state index in [0.717, 1.165) is 43.7 Å². The average Bonchev–Trinajstić information content (AvgIpc) is 2.55. The van der Waals surface area contributed by atoms with E-state index < -0.39 is 0 Å². The van der Waals surface area contributed by atoms with Crippen LogP contribution in [0.3, 0.4) is 0 Å². The minimum absolute atomic E-state index is 0.0138. The molecule has 3 N–H and O–H groups in total. The number of carbonyl (C=O) groups is 1. The second-order valence-corrected chi connectivity index (χ2v) is 5.97. The summed E-state index contributed by atoms with van der Waals surface area (Å²) in [4.78, 5) is 14.3. The smallest absolute Gasteiger partial charge is 0.224 e. The van der Waals surface area contributed by atoms with Gasteiger partial charge in [-0.25, -0.2) is 0 Å². The summed E-state index contributed by atoms with van der Waals surface area (Å²) in [6.45, 7) is 1.39. The van der Waals surface area contributed by atoms with Crippen molar-refractivity contribution in [3.05, 3.63) is 24.3 Å². The van der Waals surface area contributed by atoms with Crippen molar-refractivity contribution in [1.29, 1.82) is 0 Å². The van der Waals surface area contributed by atoms with Crippen LogP contribution < -0.4 is 20.7 Å². The molecule has 1 saturated carbocycles. The number of ether oxygens (including phenoxy) is 1. The first kappa shape index (κ1) is 16.6. The first-order valence-electron chi connectivity index (χ1n) is 8.00. The molecular weight excluding hydrogens is 278 g/mol. The Bertz CT molecular complexity index is 475.